The van der Waals surface area contributed by atoms with Gasteiger partial charge in [0.15, 0.2) is 5.69 Å². The molecule has 0 spiro atoms. The van der Waals surface area contributed by atoms with Crippen molar-refractivity contribution in [1.29, 1.82) is 0 Å². The monoisotopic (exact) mass is 538 g/mol. The lowest BCUT2D eigenvalue weighted by Crippen LogP contribution is -2.38. The fourth-order valence-corrected chi connectivity index (χ4v) is 3.84. The van der Waals surface area contributed by atoms with Crippen molar-refractivity contribution in [2.75, 3.05) is 17.6 Å². The first-order valence-electron chi connectivity index (χ1n) is 11.2. The first kappa shape index (κ1) is 26.2. The molecular formula is C26H24Cl2N6O3. The van der Waals surface area contributed by atoms with E-state index in [1.54, 1.807) is 68.4 Å². The summed E-state index contributed by atoms with van der Waals surface area (Å²) in [6, 6.07) is 18.5. The van der Waals surface area contributed by atoms with Crippen LogP contribution in [0, 0.1) is 0 Å². The Kier molecular flexibility index (Phi) is 7.49. The molecule has 0 aliphatic rings. The molecule has 0 saturated heterocycles. The van der Waals surface area contributed by atoms with Crippen molar-refractivity contribution in [3.05, 3.63) is 88.0 Å². The van der Waals surface area contributed by atoms with E-state index in [0.717, 1.165) is 0 Å². The Hall–Kier alpha value is -3.92. The minimum Gasteiger partial charge on any atom is -0.389 e. The van der Waals surface area contributed by atoms with E-state index < -0.39 is 17.4 Å². The third-order valence-corrected chi connectivity index (χ3v) is 5.85. The standard InChI is InChI=1S/C26H24Cl2N6O3/c1-26(2,37)14-30-25(36)20-13-22(34(33-20)16-6-4-3-5-7-16)32-24(35)17-12-15(8-9-18(17)27)23-19(28)10-11-21(29)31-23/h3-13,37H,14H2,1-2H3,(H2,29,31)(H,30,36)(H,32,35). The van der Waals surface area contributed by atoms with Crippen molar-refractivity contribution in [1.82, 2.24) is 20.1 Å². The van der Waals surface area contributed by atoms with Crippen LogP contribution in [0.25, 0.3) is 16.9 Å². The van der Waals surface area contributed by atoms with Crippen molar-refractivity contribution in [3.63, 3.8) is 0 Å². The highest BCUT2D eigenvalue weighted by Crippen LogP contribution is 2.30. The van der Waals surface area contributed by atoms with Gasteiger partial charge in [0.25, 0.3) is 11.8 Å². The molecule has 0 aliphatic carbocycles. The molecule has 37 heavy (non-hydrogen) atoms. The summed E-state index contributed by atoms with van der Waals surface area (Å²) < 4.78 is 1.44. The number of amides is 2. The van der Waals surface area contributed by atoms with Gasteiger partial charge in [-0.05, 0) is 50.2 Å². The summed E-state index contributed by atoms with van der Waals surface area (Å²) >= 11 is 12.7. The number of aliphatic hydroxyl groups is 1. The summed E-state index contributed by atoms with van der Waals surface area (Å²) in [5.41, 5.74) is 6.50. The molecule has 0 fully saturated rings. The van der Waals surface area contributed by atoms with Crippen LogP contribution in [0.2, 0.25) is 10.0 Å². The highest BCUT2D eigenvalue weighted by molar-refractivity contribution is 6.35. The van der Waals surface area contributed by atoms with Crippen molar-refractivity contribution < 1.29 is 14.7 Å². The molecule has 0 saturated carbocycles. The first-order valence-corrected chi connectivity index (χ1v) is 12.0. The molecule has 2 aromatic carbocycles. The van der Waals surface area contributed by atoms with E-state index in [2.05, 4.69) is 20.7 Å². The largest absolute Gasteiger partial charge is 0.389 e. The molecular weight excluding hydrogens is 515 g/mol. The van der Waals surface area contributed by atoms with Crippen LogP contribution in [0.15, 0.2) is 66.7 Å². The van der Waals surface area contributed by atoms with Gasteiger partial charge < -0.3 is 21.5 Å². The molecule has 9 nitrogen and oxygen atoms in total. The summed E-state index contributed by atoms with van der Waals surface area (Å²) in [6.07, 6.45) is 0. The SMILES string of the molecule is CC(C)(O)CNC(=O)c1cc(NC(=O)c2cc(-c3nc(N)ccc3Cl)ccc2Cl)n(-c2ccccc2)n1. The molecule has 0 bridgehead atoms. The molecule has 0 unspecified atom stereocenters. The predicted molar refractivity (Wildman–Crippen MR) is 144 cm³/mol. The van der Waals surface area contributed by atoms with E-state index >= 15 is 0 Å². The van der Waals surface area contributed by atoms with Gasteiger partial charge in [0.2, 0.25) is 0 Å². The van der Waals surface area contributed by atoms with Crippen LogP contribution in [-0.2, 0) is 0 Å². The summed E-state index contributed by atoms with van der Waals surface area (Å²) in [5, 5.41) is 20.3. The maximum Gasteiger partial charge on any atom is 0.271 e. The highest BCUT2D eigenvalue weighted by Gasteiger charge is 2.21. The van der Waals surface area contributed by atoms with Gasteiger partial charge in [-0.3, -0.25) is 9.59 Å². The Morgan fingerprint density at radius 2 is 1.70 bits per heavy atom. The Morgan fingerprint density at radius 3 is 2.41 bits per heavy atom. The second-order valence-corrected chi connectivity index (χ2v) is 9.69. The second kappa shape index (κ2) is 10.6. The minimum atomic E-state index is -1.10. The van der Waals surface area contributed by atoms with E-state index in [1.807, 2.05) is 6.07 Å². The third kappa shape index (κ3) is 6.26. The number of halogens is 2. The molecule has 4 rings (SSSR count). The number of nitrogens with two attached hydrogens (primary N) is 1. The molecule has 2 heterocycles. The average molecular weight is 539 g/mol. The number of nitrogen functional groups attached to an aromatic ring is 1. The van der Waals surface area contributed by atoms with Gasteiger partial charge in [-0.2, -0.15) is 5.10 Å². The van der Waals surface area contributed by atoms with Gasteiger partial charge in [0.05, 0.1) is 32.6 Å². The number of anilines is 2. The van der Waals surface area contributed by atoms with Crippen molar-refractivity contribution in [3.8, 4) is 16.9 Å². The number of pyridine rings is 1. The Bertz CT molecular complexity index is 1470. The quantitative estimate of drug-likeness (QED) is 0.272. The second-order valence-electron chi connectivity index (χ2n) is 8.87. The van der Waals surface area contributed by atoms with Crippen LogP contribution in [0.1, 0.15) is 34.7 Å². The smallest absolute Gasteiger partial charge is 0.271 e. The number of carbonyl (C=O) groups is 2. The highest BCUT2D eigenvalue weighted by atomic mass is 35.5. The van der Waals surface area contributed by atoms with E-state index in [0.29, 0.717) is 22.0 Å². The summed E-state index contributed by atoms with van der Waals surface area (Å²) in [5.74, 6) is -0.518. The average Bonchev–Trinajstić information content (AvgIpc) is 3.28. The predicted octanol–water partition coefficient (Wildman–Crippen LogP) is 4.58. The molecule has 0 atom stereocenters. The van der Waals surface area contributed by atoms with Crippen LogP contribution < -0.4 is 16.4 Å². The van der Waals surface area contributed by atoms with Gasteiger partial charge in [0, 0.05) is 18.2 Å². The van der Waals surface area contributed by atoms with Crippen LogP contribution in [-0.4, -0.2) is 43.8 Å². The van der Waals surface area contributed by atoms with Crippen molar-refractivity contribution in [2.45, 2.75) is 19.4 Å². The Morgan fingerprint density at radius 1 is 1.00 bits per heavy atom. The number of benzene rings is 2. The lowest BCUT2D eigenvalue weighted by Gasteiger charge is -2.16. The number of aromatic nitrogens is 3. The first-order chi connectivity index (χ1) is 17.5. The zero-order chi connectivity index (χ0) is 26.7. The molecule has 2 amide bonds. The number of carbonyl (C=O) groups excluding carboxylic acids is 2. The molecule has 2 aromatic heterocycles. The van der Waals surface area contributed by atoms with Crippen molar-refractivity contribution in [2.24, 2.45) is 0 Å². The fourth-order valence-electron chi connectivity index (χ4n) is 3.42. The lowest BCUT2D eigenvalue weighted by atomic mass is 10.1. The maximum absolute atomic E-state index is 13.3. The summed E-state index contributed by atoms with van der Waals surface area (Å²) in [7, 11) is 0. The van der Waals surface area contributed by atoms with Crippen molar-refractivity contribution >= 4 is 46.7 Å². The number of nitrogens with one attached hydrogen (secondary N) is 2. The van der Waals surface area contributed by atoms with Gasteiger partial charge in [-0.15, -0.1) is 0 Å². The number of nitrogens with zero attached hydrogens (tertiary/aromatic N) is 3. The van der Waals surface area contributed by atoms with Crippen LogP contribution in [0.3, 0.4) is 0 Å². The van der Waals surface area contributed by atoms with Crippen LogP contribution in [0.5, 0.6) is 0 Å². The molecule has 0 radical (unpaired) electrons. The topological polar surface area (TPSA) is 135 Å². The number of hydrogen-bond acceptors (Lipinski definition) is 6. The number of hydrogen-bond donors (Lipinski definition) is 4. The van der Waals surface area contributed by atoms with Gasteiger partial charge in [0.1, 0.15) is 11.6 Å². The van der Waals surface area contributed by atoms with Gasteiger partial charge in [-0.1, -0.05) is 47.5 Å². The van der Waals surface area contributed by atoms with Crippen LogP contribution in [0.4, 0.5) is 11.6 Å². The van der Waals surface area contributed by atoms with Gasteiger partial charge in [-0.25, -0.2) is 9.67 Å². The van der Waals surface area contributed by atoms with E-state index in [1.165, 1.54) is 10.7 Å². The zero-order valence-corrected chi connectivity index (χ0v) is 21.5. The zero-order valence-electron chi connectivity index (χ0n) is 20.0. The number of rotatable bonds is 7. The minimum absolute atomic E-state index is 0.0225. The maximum atomic E-state index is 13.3. The third-order valence-electron chi connectivity index (χ3n) is 5.22. The van der Waals surface area contributed by atoms with E-state index in [9.17, 15) is 14.7 Å². The molecule has 11 heteroatoms. The van der Waals surface area contributed by atoms with Crippen LogP contribution >= 0.6 is 23.2 Å². The Labute approximate surface area is 223 Å². The summed E-state index contributed by atoms with van der Waals surface area (Å²) in [4.78, 5) is 30.3. The lowest BCUT2D eigenvalue weighted by molar-refractivity contribution is 0.0691. The summed E-state index contributed by atoms with van der Waals surface area (Å²) in [6.45, 7) is 3.17. The molecule has 0 aliphatic heterocycles. The fraction of sp³-hybridized carbons (Fsp3) is 0.154. The normalized spacial score (nSPS) is 11.3. The molecule has 5 N–H and O–H groups in total. The Balaban J connectivity index is 1.68. The van der Waals surface area contributed by atoms with E-state index in [-0.39, 0.29) is 34.5 Å². The van der Waals surface area contributed by atoms with E-state index in [4.69, 9.17) is 28.9 Å². The molecule has 4 aromatic rings. The molecule has 190 valence electrons. The number of para-hydroxylation sites is 1. The van der Waals surface area contributed by atoms with Gasteiger partial charge >= 0.3 is 0 Å².